The third kappa shape index (κ3) is 1.99. The first-order valence-corrected chi connectivity index (χ1v) is 4.39. The minimum absolute atomic E-state index is 0.595. The van der Waals surface area contributed by atoms with Gasteiger partial charge < -0.3 is 9.47 Å². The van der Waals surface area contributed by atoms with Gasteiger partial charge in [0, 0.05) is 7.11 Å². The summed E-state index contributed by atoms with van der Waals surface area (Å²) < 4.78 is 11.1. The second-order valence-corrected chi connectivity index (χ2v) is 3.16. The van der Waals surface area contributed by atoms with E-state index >= 15 is 0 Å². The Bertz CT molecular complexity index is 261. The Hall–Kier alpha value is -0.540. The Balaban J connectivity index is 2.97. The van der Waals surface area contributed by atoms with Gasteiger partial charge in [0.05, 0.1) is 18.2 Å². The van der Waals surface area contributed by atoms with E-state index in [9.17, 15) is 0 Å². The lowest BCUT2D eigenvalue weighted by molar-refractivity contribution is 0.184. The molecule has 0 aliphatic heterocycles. The van der Waals surface area contributed by atoms with E-state index in [1.165, 1.54) is 0 Å². The SMILES string of the molecule is COCc1cccc(OC)c1Br. The Morgan fingerprint density at radius 3 is 2.67 bits per heavy atom. The highest BCUT2D eigenvalue weighted by Crippen LogP contribution is 2.28. The summed E-state index contributed by atoms with van der Waals surface area (Å²) in [6.45, 7) is 0.595. The number of hydrogen-bond acceptors (Lipinski definition) is 2. The van der Waals surface area contributed by atoms with E-state index < -0.39 is 0 Å². The van der Waals surface area contributed by atoms with E-state index in [1.54, 1.807) is 14.2 Å². The Labute approximate surface area is 80.6 Å². The Kier molecular flexibility index (Phi) is 3.56. The first kappa shape index (κ1) is 9.55. The molecule has 0 amide bonds. The lowest BCUT2D eigenvalue weighted by Gasteiger charge is -2.07. The average Bonchev–Trinajstić information content (AvgIpc) is 2.09. The first-order valence-electron chi connectivity index (χ1n) is 3.60. The van der Waals surface area contributed by atoms with Crippen molar-refractivity contribution < 1.29 is 9.47 Å². The molecule has 0 fully saturated rings. The van der Waals surface area contributed by atoms with Gasteiger partial charge in [-0.1, -0.05) is 12.1 Å². The van der Waals surface area contributed by atoms with Crippen molar-refractivity contribution in [1.29, 1.82) is 0 Å². The monoisotopic (exact) mass is 230 g/mol. The zero-order valence-corrected chi connectivity index (χ0v) is 8.72. The van der Waals surface area contributed by atoms with E-state index in [2.05, 4.69) is 15.9 Å². The van der Waals surface area contributed by atoms with Crippen molar-refractivity contribution in [2.45, 2.75) is 6.61 Å². The molecule has 12 heavy (non-hydrogen) atoms. The van der Waals surface area contributed by atoms with Gasteiger partial charge in [-0.3, -0.25) is 0 Å². The van der Waals surface area contributed by atoms with E-state index in [4.69, 9.17) is 9.47 Å². The number of rotatable bonds is 3. The van der Waals surface area contributed by atoms with Gasteiger partial charge in [-0.2, -0.15) is 0 Å². The van der Waals surface area contributed by atoms with Crippen LogP contribution < -0.4 is 4.74 Å². The fourth-order valence-corrected chi connectivity index (χ4v) is 1.52. The number of ether oxygens (including phenoxy) is 2. The van der Waals surface area contributed by atoms with Crippen LogP contribution in [0.1, 0.15) is 5.56 Å². The highest BCUT2D eigenvalue weighted by atomic mass is 79.9. The zero-order chi connectivity index (χ0) is 8.97. The van der Waals surface area contributed by atoms with Crippen molar-refractivity contribution in [1.82, 2.24) is 0 Å². The zero-order valence-electron chi connectivity index (χ0n) is 7.13. The van der Waals surface area contributed by atoms with E-state index in [-0.39, 0.29) is 0 Å². The molecule has 0 N–H and O–H groups in total. The molecule has 66 valence electrons. The van der Waals surface area contributed by atoms with Gasteiger partial charge in [-0.25, -0.2) is 0 Å². The van der Waals surface area contributed by atoms with Gasteiger partial charge in [0.2, 0.25) is 0 Å². The normalized spacial score (nSPS) is 9.92. The molecule has 2 nitrogen and oxygen atoms in total. The van der Waals surface area contributed by atoms with Crippen molar-refractivity contribution >= 4 is 15.9 Å². The molecular weight excluding hydrogens is 220 g/mol. The second-order valence-electron chi connectivity index (χ2n) is 2.37. The molecule has 0 aromatic heterocycles. The third-order valence-corrected chi connectivity index (χ3v) is 2.46. The first-order chi connectivity index (χ1) is 5.79. The molecule has 0 heterocycles. The summed E-state index contributed by atoms with van der Waals surface area (Å²) in [6, 6.07) is 5.84. The lowest BCUT2D eigenvalue weighted by Crippen LogP contribution is -1.92. The molecule has 1 rings (SSSR count). The van der Waals surface area contributed by atoms with E-state index in [1.807, 2.05) is 18.2 Å². The van der Waals surface area contributed by atoms with Gasteiger partial charge in [-0.15, -0.1) is 0 Å². The molecule has 0 aliphatic carbocycles. The van der Waals surface area contributed by atoms with Crippen LogP contribution in [0.15, 0.2) is 22.7 Å². The fraction of sp³-hybridized carbons (Fsp3) is 0.333. The molecule has 0 radical (unpaired) electrons. The summed E-state index contributed by atoms with van der Waals surface area (Å²) in [6.07, 6.45) is 0. The van der Waals surface area contributed by atoms with Crippen molar-refractivity contribution in [3.63, 3.8) is 0 Å². The van der Waals surface area contributed by atoms with Crippen LogP contribution >= 0.6 is 15.9 Å². The van der Waals surface area contributed by atoms with Gasteiger partial charge in [-0.05, 0) is 27.6 Å². The van der Waals surface area contributed by atoms with Gasteiger partial charge in [0.25, 0.3) is 0 Å². The molecule has 0 spiro atoms. The van der Waals surface area contributed by atoms with Crippen LogP contribution in [-0.2, 0) is 11.3 Å². The van der Waals surface area contributed by atoms with Crippen LogP contribution in [-0.4, -0.2) is 14.2 Å². The highest BCUT2D eigenvalue weighted by Gasteiger charge is 2.04. The predicted molar refractivity (Wildman–Crippen MR) is 51.4 cm³/mol. The number of hydrogen-bond donors (Lipinski definition) is 0. The topological polar surface area (TPSA) is 18.5 Å². The van der Waals surface area contributed by atoms with Crippen LogP contribution in [0.3, 0.4) is 0 Å². The Morgan fingerprint density at radius 1 is 1.33 bits per heavy atom. The molecule has 1 aromatic rings. The van der Waals surface area contributed by atoms with Crippen LogP contribution in [0.4, 0.5) is 0 Å². The number of benzene rings is 1. The van der Waals surface area contributed by atoms with Crippen molar-refractivity contribution in [3.05, 3.63) is 28.2 Å². The predicted octanol–water partition coefficient (Wildman–Crippen LogP) is 2.60. The molecule has 0 saturated carbocycles. The maximum atomic E-state index is 5.13. The highest BCUT2D eigenvalue weighted by molar-refractivity contribution is 9.10. The molecule has 3 heteroatoms. The molecule has 0 bridgehead atoms. The van der Waals surface area contributed by atoms with Gasteiger partial charge >= 0.3 is 0 Å². The van der Waals surface area contributed by atoms with Crippen LogP contribution in [0.2, 0.25) is 0 Å². The largest absolute Gasteiger partial charge is 0.496 e. The van der Waals surface area contributed by atoms with Crippen LogP contribution in [0, 0.1) is 0 Å². The molecule has 0 aliphatic rings. The van der Waals surface area contributed by atoms with Crippen LogP contribution in [0.5, 0.6) is 5.75 Å². The maximum Gasteiger partial charge on any atom is 0.133 e. The second kappa shape index (κ2) is 4.48. The smallest absolute Gasteiger partial charge is 0.133 e. The maximum absolute atomic E-state index is 5.13. The quantitative estimate of drug-likeness (QED) is 0.795. The molecular formula is C9H11BrO2. The fourth-order valence-electron chi connectivity index (χ4n) is 0.981. The summed E-state index contributed by atoms with van der Waals surface area (Å²) in [4.78, 5) is 0. The van der Waals surface area contributed by atoms with Crippen molar-refractivity contribution in [2.75, 3.05) is 14.2 Å². The van der Waals surface area contributed by atoms with Gasteiger partial charge in [0.15, 0.2) is 0 Å². The van der Waals surface area contributed by atoms with Gasteiger partial charge in [0.1, 0.15) is 5.75 Å². The van der Waals surface area contributed by atoms with E-state index in [0.29, 0.717) is 6.61 Å². The summed E-state index contributed by atoms with van der Waals surface area (Å²) in [5.41, 5.74) is 1.09. The molecule has 0 saturated heterocycles. The standard InChI is InChI=1S/C9H11BrO2/c1-11-6-7-4-3-5-8(12-2)9(7)10/h3-5H,6H2,1-2H3. The average molecular weight is 231 g/mol. The number of halogens is 1. The summed E-state index contributed by atoms with van der Waals surface area (Å²) in [5.74, 6) is 0.838. The Morgan fingerprint density at radius 2 is 2.08 bits per heavy atom. The summed E-state index contributed by atoms with van der Waals surface area (Å²) in [5, 5.41) is 0. The minimum Gasteiger partial charge on any atom is -0.496 e. The van der Waals surface area contributed by atoms with Crippen molar-refractivity contribution in [2.24, 2.45) is 0 Å². The van der Waals surface area contributed by atoms with Crippen LogP contribution in [0.25, 0.3) is 0 Å². The lowest BCUT2D eigenvalue weighted by atomic mass is 10.2. The third-order valence-electron chi connectivity index (χ3n) is 1.56. The molecule has 1 aromatic carbocycles. The summed E-state index contributed by atoms with van der Waals surface area (Å²) in [7, 11) is 3.32. The minimum atomic E-state index is 0.595. The van der Waals surface area contributed by atoms with Crippen molar-refractivity contribution in [3.8, 4) is 5.75 Å². The number of methoxy groups -OCH3 is 2. The van der Waals surface area contributed by atoms with E-state index in [0.717, 1.165) is 15.8 Å². The molecule has 0 atom stereocenters. The molecule has 0 unspecified atom stereocenters. The summed E-state index contributed by atoms with van der Waals surface area (Å²) >= 11 is 3.44.